The van der Waals surface area contributed by atoms with E-state index < -0.39 is 0 Å². The minimum absolute atomic E-state index is 0.00305. The van der Waals surface area contributed by atoms with Crippen molar-refractivity contribution in [3.8, 4) is 5.75 Å². The van der Waals surface area contributed by atoms with E-state index in [1.165, 1.54) is 11.1 Å². The quantitative estimate of drug-likeness (QED) is 0.463. The molecule has 1 amide bonds. The maximum atomic E-state index is 12.6. The first-order valence-electron chi connectivity index (χ1n) is 10.4. The van der Waals surface area contributed by atoms with Crippen LogP contribution >= 0.6 is 0 Å². The van der Waals surface area contributed by atoms with Crippen molar-refractivity contribution < 1.29 is 14.3 Å². The van der Waals surface area contributed by atoms with Crippen molar-refractivity contribution in [3.05, 3.63) is 96.1 Å². The summed E-state index contributed by atoms with van der Waals surface area (Å²) in [5, 5.41) is 2.97. The first-order valence-corrected chi connectivity index (χ1v) is 10.4. The fraction of sp³-hybridized carbons (Fsp3) is 0.231. The van der Waals surface area contributed by atoms with E-state index in [-0.39, 0.29) is 35.5 Å². The van der Waals surface area contributed by atoms with E-state index in [1.807, 2.05) is 42.5 Å². The lowest BCUT2D eigenvalue weighted by Gasteiger charge is -2.08. The summed E-state index contributed by atoms with van der Waals surface area (Å²) in [4.78, 5) is 25.1. The fourth-order valence-electron chi connectivity index (χ4n) is 4.14. The van der Waals surface area contributed by atoms with Gasteiger partial charge in [-0.1, -0.05) is 66.7 Å². The van der Waals surface area contributed by atoms with Gasteiger partial charge in [0.05, 0.1) is 5.92 Å². The molecule has 5 rings (SSSR count). The summed E-state index contributed by atoms with van der Waals surface area (Å²) in [5.74, 6) is 0.702. The van der Waals surface area contributed by atoms with Gasteiger partial charge in [0.25, 0.3) is 0 Å². The average molecular weight is 397 g/mol. The van der Waals surface area contributed by atoms with E-state index in [0.29, 0.717) is 11.4 Å². The number of amides is 1. The predicted octanol–water partition coefficient (Wildman–Crippen LogP) is 5.14. The topological polar surface area (TPSA) is 55.4 Å². The number of ether oxygens (including phenoxy) is 1. The smallest absolute Gasteiger partial charge is 0.314 e. The van der Waals surface area contributed by atoms with Crippen molar-refractivity contribution in [2.75, 3.05) is 5.32 Å². The fourth-order valence-corrected chi connectivity index (χ4v) is 4.14. The number of hydrogen-bond donors (Lipinski definition) is 1. The Morgan fingerprint density at radius 3 is 2.00 bits per heavy atom. The van der Waals surface area contributed by atoms with Crippen molar-refractivity contribution >= 4 is 17.6 Å². The SMILES string of the molecule is O=C(Nc1cccc(OC(=O)C2CC2c2ccccc2)c1)C1CC1c1ccccc1. The van der Waals surface area contributed by atoms with Gasteiger partial charge in [-0.15, -0.1) is 0 Å². The van der Waals surface area contributed by atoms with Crippen LogP contribution in [0.25, 0.3) is 0 Å². The van der Waals surface area contributed by atoms with Crippen LogP contribution in [-0.2, 0) is 9.59 Å². The molecule has 2 aliphatic carbocycles. The number of anilines is 1. The Balaban J connectivity index is 1.17. The van der Waals surface area contributed by atoms with E-state index in [4.69, 9.17) is 4.74 Å². The summed E-state index contributed by atoms with van der Waals surface area (Å²) in [6.07, 6.45) is 1.69. The minimum atomic E-state index is -0.210. The van der Waals surface area contributed by atoms with Crippen LogP contribution in [0.3, 0.4) is 0 Å². The van der Waals surface area contributed by atoms with E-state index in [0.717, 1.165) is 12.8 Å². The van der Waals surface area contributed by atoms with Crippen LogP contribution in [0.1, 0.15) is 35.8 Å². The summed E-state index contributed by atoms with van der Waals surface area (Å²) in [7, 11) is 0. The van der Waals surface area contributed by atoms with Gasteiger partial charge in [0.1, 0.15) is 5.75 Å². The van der Waals surface area contributed by atoms with Gasteiger partial charge in [-0.3, -0.25) is 9.59 Å². The summed E-state index contributed by atoms with van der Waals surface area (Å²) in [6, 6.07) is 27.3. The van der Waals surface area contributed by atoms with Gasteiger partial charge >= 0.3 is 5.97 Å². The maximum Gasteiger partial charge on any atom is 0.314 e. The van der Waals surface area contributed by atoms with Crippen molar-refractivity contribution in [1.29, 1.82) is 0 Å². The Bertz CT molecular complexity index is 981. The van der Waals surface area contributed by atoms with Gasteiger partial charge in [-0.25, -0.2) is 0 Å². The van der Waals surface area contributed by atoms with Gasteiger partial charge < -0.3 is 10.1 Å². The van der Waals surface area contributed by atoms with E-state index in [1.54, 1.807) is 18.2 Å². The number of nitrogens with one attached hydrogen (secondary N) is 1. The number of benzene rings is 3. The maximum absolute atomic E-state index is 12.6. The Morgan fingerprint density at radius 2 is 1.33 bits per heavy atom. The molecule has 0 spiro atoms. The Labute approximate surface area is 175 Å². The van der Waals surface area contributed by atoms with Crippen LogP contribution in [0.5, 0.6) is 5.75 Å². The number of carbonyl (C=O) groups is 2. The molecule has 2 fully saturated rings. The van der Waals surface area contributed by atoms with Crippen LogP contribution in [0.2, 0.25) is 0 Å². The molecule has 0 radical (unpaired) electrons. The molecule has 1 N–H and O–H groups in total. The van der Waals surface area contributed by atoms with Crippen molar-refractivity contribution in [2.24, 2.45) is 11.8 Å². The van der Waals surface area contributed by atoms with Crippen LogP contribution in [0.4, 0.5) is 5.69 Å². The van der Waals surface area contributed by atoms with Gasteiger partial charge in [0, 0.05) is 17.7 Å². The predicted molar refractivity (Wildman–Crippen MR) is 115 cm³/mol. The molecule has 0 saturated heterocycles. The second kappa shape index (κ2) is 7.79. The van der Waals surface area contributed by atoms with Gasteiger partial charge in [0.2, 0.25) is 5.91 Å². The van der Waals surface area contributed by atoms with E-state index >= 15 is 0 Å². The van der Waals surface area contributed by atoms with Crippen LogP contribution in [0.15, 0.2) is 84.9 Å². The molecule has 0 bridgehead atoms. The summed E-state index contributed by atoms with van der Waals surface area (Å²) in [6.45, 7) is 0. The number of hydrogen-bond acceptors (Lipinski definition) is 3. The second-order valence-corrected chi connectivity index (χ2v) is 8.16. The molecule has 150 valence electrons. The molecule has 4 unspecified atom stereocenters. The third-order valence-corrected chi connectivity index (χ3v) is 6.00. The first-order chi connectivity index (χ1) is 14.7. The zero-order chi connectivity index (χ0) is 20.5. The van der Waals surface area contributed by atoms with Crippen molar-refractivity contribution in [3.63, 3.8) is 0 Å². The zero-order valence-corrected chi connectivity index (χ0v) is 16.5. The standard InChI is InChI=1S/C26H23NO3/c28-25(23-15-21(23)17-8-3-1-4-9-17)27-19-12-7-13-20(14-19)30-26(29)24-16-22(24)18-10-5-2-6-11-18/h1-14,21-24H,15-16H2,(H,27,28). The Morgan fingerprint density at radius 1 is 0.733 bits per heavy atom. The highest BCUT2D eigenvalue weighted by Crippen LogP contribution is 2.49. The molecule has 0 heterocycles. The lowest BCUT2D eigenvalue weighted by molar-refractivity contribution is -0.135. The van der Waals surface area contributed by atoms with Crippen LogP contribution in [-0.4, -0.2) is 11.9 Å². The van der Waals surface area contributed by atoms with Crippen molar-refractivity contribution in [2.45, 2.75) is 24.7 Å². The van der Waals surface area contributed by atoms with Gasteiger partial charge in [-0.2, -0.15) is 0 Å². The largest absolute Gasteiger partial charge is 0.426 e. The molecule has 3 aromatic carbocycles. The Kier molecular flexibility index (Phi) is 4.83. The third-order valence-electron chi connectivity index (χ3n) is 6.00. The highest BCUT2D eigenvalue weighted by Gasteiger charge is 2.45. The van der Waals surface area contributed by atoms with Gasteiger partial charge in [-0.05, 0) is 47.9 Å². The lowest BCUT2D eigenvalue weighted by Crippen LogP contribution is -2.15. The highest BCUT2D eigenvalue weighted by molar-refractivity contribution is 5.95. The van der Waals surface area contributed by atoms with E-state index in [9.17, 15) is 9.59 Å². The molecule has 0 aliphatic heterocycles. The molecule has 4 heteroatoms. The molecule has 3 aromatic rings. The molecule has 30 heavy (non-hydrogen) atoms. The molecule has 2 saturated carbocycles. The summed E-state index contributed by atoms with van der Waals surface area (Å²) < 4.78 is 5.59. The molecule has 2 aliphatic rings. The first kappa shape index (κ1) is 18.6. The van der Waals surface area contributed by atoms with Crippen LogP contribution in [0, 0.1) is 11.8 Å². The molecule has 4 nitrogen and oxygen atoms in total. The zero-order valence-electron chi connectivity index (χ0n) is 16.5. The third kappa shape index (κ3) is 3.99. The monoisotopic (exact) mass is 397 g/mol. The lowest BCUT2D eigenvalue weighted by atomic mass is 10.1. The second-order valence-electron chi connectivity index (χ2n) is 8.16. The van der Waals surface area contributed by atoms with Crippen LogP contribution < -0.4 is 10.1 Å². The average Bonchev–Trinajstić information content (AvgIpc) is 3.69. The normalized spacial score (nSPS) is 24.0. The molecular formula is C26H23NO3. The Hall–Kier alpha value is -3.40. The van der Waals surface area contributed by atoms with E-state index in [2.05, 4.69) is 29.6 Å². The summed E-state index contributed by atoms with van der Waals surface area (Å²) in [5.41, 5.74) is 3.04. The molecule has 4 atom stereocenters. The number of rotatable bonds is 6. The molecule has 0 aromatic heterocycles. The number of carbonyl (C=O) groups excluding carboxylic acids is 2. The minimum Gasteiger partial charge on any atom is -0.426 e. The highest BCUT2D eigenvalue weighted by atomic mass is 16.5. The molecular weight excluding hydrogens is 374 g/mol. The van der Waals surface area contributed by atoms with Gasteiger partial charge in [0.15, 0.2) is 0 Å². The van der Waals surface area contributed by atoms with Crippen molar-refractivity contribution in [1.82, 2.24) is 0 Å². The summed E-state index contributed by atoms with van der Waals surface area (Å²) >= 11 is 0. The number of esters is 1.